The van der Waals surface area contributed by atoms with Gasteiger partial charge in [0, 0.05) is 53.5 Å². The van der Waals surface area contributed by atoms with E-state index in [1.54, 1.807) is 30.3 Å². The molecule has 0 saturated heterocycles. The van der Waals surface area contributed by atoms with E-state index >= 15 is 0 Å². The van der Waals surface area contributed by atoms with Crippen molar-refractivity contribution < 1.29 is 0 Å². The molecule has 0 radical (unpaired) electrons. The third kappa shape index (κ3) is 12.9. The van der Waals surface area contributed by atoms with Crippen molar-refractivity contribution >= 4 is 133 Å². The van der Waals surface area contributed by atoms with E-state index in [0.717, 1.165) is 5.69 Å². The topological polar surface area (TPSA) is 294 Å². The van der Waals surface area contributed by atoms with E-state index < -0.39 is 15.0 Å². The van der Waals surface area contributed by atoms with Crippen molar-refractivity contribution in [2.75, 3.05) is 99.3 Å². The van der Waals surface area contributed by atoms with Gasteiger partial charge in [0.15, 0.2) is 40.6 Å². The number of rotatable bonds is 18. The van der Waals surface area contributed by atoms with Crippen LogP contribution in [0.25, 0.3) is 0 Å². The van der Waals surface area contributed by atoms with Crippen LogP contribution in [0.4, 0.5) is 86.1 Å². The summed E-state index contributed by atoms with van der Waals surface area (Å²) in [4.78, 5) is 49.9. The second kappa shape index (κ2) is 26.4. The zero-order valence-corrected chi connectivity index (χ0v) is 49.8. The van der Waals surface area contributed by atoms with Gasteiger partial charge in [-0.25, -0.2) is 42.0 Å². The van der Waals surface area contributed by atoms with E-state index in [2.05, 4.69) is 84.3 Å². The van der Waals surface area contributed by atoms with E-state index in [1.165, 1.54) is 0 Å². The summed E-state index contributed by atoms with van der Waals surface area (Å²) in [7, 11) is 20.1. The van der Waals surface area contributed by atoms with Crippen LogP contribution in [-0.2, 0) is 0 Å². The van der Waals surface area contributed by atoms with Crippen LogP contribution >= 0.6 is 40.6 Å². The quantitative estimate of drug-likeness (QED) is 0.0237. The van der Waals surface area contributed by atoms with E-state index in [9.17, 15) is 0 Å². The molecule has 0 aliphatic carbocycles. The van der Waals surface area contributed by atoms with Gasteiger partial charge in [0.1, 0.15) is 34.9 Å². The monoisotopic (exact) mass is 1150 g/mol. The number of fused-ring (bicyclic) bond motifs is 6. The number of hydrogen-bond donors (Lipinski definition) is 3. The molecule has 1 aliphatic rings. The Morgan fingerprint density at radius 2 is 0.628 bits per heavy atom. The molecular formula is C46H62N27P5. The first-order valence-corrected chi connectivity index (χ1v) is 29.1. The lowest BCUT2D eigenvalue weighted by molar-refractivity contribution is 0.474. The molecule has 6 bridgehead atoms. The van der Waals surface area contributed by atoms with Crippen molar-refractivity contribution in [2.24, 2.45) is 76.6 Å². The fourth-order valence-electron chi connectivity index (χ4n) is 8.79. The van der Waals surface area contributed by atoms with Gasteiger partial charge in [0.25, 0.3) is 0 Å². The molecule has 0 amide bonds. The van der Waals surface area contributed by atoms with E-state index in [0.29, 0.717) is 80.4 Å². The third-order valence-electron chi connectivity index (χ3n) is 11.7. The van der Waals surface area contributed by atoms with Gasteiger partial charge in [-0.05, 0) is 164 Å². The average Bonchev–Trinajstić information content (AvgIpc) is 3.41. The molecule has 7 rings (SSSR count). The first-order chi connectivity index (χ1) is 37.4. The minimum absolute atomic E-state index is 0.183. The Morgan fingerprint density at radius 3 is 0.910 bits per heavy atom. The molecule has 3 aromatic carbocycles. The number of benzene rings is 3. The Morgan fingerprint density at radius 1 is 0.372 bits per heavy atom. The van der Waals surface area contributed by atoms with Crippen LogP contribution in [0.1, 0.15) is 0 Å². The second-order valence-electron chi connectivity index (χ2n) is 17.9. The third-order valence-corrected chi connectivity index (χ3v) is 20.0. The summed E-state index contributed by atoms with van der Waals surface area (Å²) < 4.78 is 24.0. The van der Waals surface area contributed by atoms with Gasteiger partial charge < -0.3 is 0 Å². The lowest BCUT2D eigenvalue weighted by Crippen LogP contribution is -2.30. The van der Waals surface area contributed by atoms with Crippen LogP contribution in [0.15, 0.2) is 168 Å². The lowest BCUT2D eigenvalue weighted by Gasteiger charge is -2.41. The van der Waals surface area contributed by atoms with Crippen molar-refractivity contribution in [3.8, 4) is 0 Å². The highest BCUT2D eigenvalue weighted by atomic mass is 31.2. The first kappa shape index (κ1) is 59.0. The number of hydrogen-bond acceptors (Lipinski definition) is 15. The fourth-order valence-corrected chi connectivity index (χ4v) is 15.6. The minimum atomic E-state index is -2.62. The van der Waals surface area contributed by atoms with Crippen molar-refractivity contribution in [1.29, 1.82) is 0 Å². The van der Waals surface area contributed by atoms with Crippen LogP contribution in [-0.4, -0.2) is 134 Å². The molecule has 0 spiro atoms. The number of anilines is 9. The number of nitrogens with two attached hydrogens (primary N) is 3. The predicted octanol–water partition coefficient (Wildman–Crippen LogP) is 14.5. The van der Waals surface area contributed by atoms with Crippen molar-refractivity contribution in [2.45, 2.75) is 0 Å². The smallest absolute Gasteiger partial charge is 0.192 e. The largest absolute Gasteiger partial charge is 0.279 e. The molecule has 6 N–H and O–H groups in total. The molecule has 27 nitrogen and oxygen atoms in total. The lowest BCUT2D eigenvalue weighted by atomic mass is 10.2. The molecule has 4 heterocycles. The van der Waals surface area contributed by atoms with Gasteiger partial charge >= 0.3 is 0 Å². The van der Waals surface area contributed by atoms with Gasteiger partial charge in [-0.1, -0.05) is 0 Å². The number of aromatic nitrogens is 3. The molecule has 406 valence electrons. The predicted molar refractivity (Wildman–Crippen MR) is 321 cm³/mol. The maximum absolute atomic E-state index is 5.69. The van der Waals surface area contributed by atoms with E-state index in [-0.39, 0.29) is 25.6 Å². The minimum Gasteiger partial charge on any atom is -0.279 e. The summed E-state index contributed by atoms with van der Waals surface area (Å²) in [5.41, 5.74) is 5.33. The first-order valence-electron chi connectivity index (χ1n) is 23.5. The maximum Gasteiger partial charge on any atom is 0.192 e. The molecule has 0 saturated carbocycles. The highest BCUT2D eigenvalue weighted by Crippen LogP contribution is 2.59. The van der Waals surface area contributed by atoms with Crippen LogP contribution in [0, 0.1) is 0 Å². The Bertz CT molecular complexity index is 3320. The average molecular weight is 1150 g/mol. The molecular weight excluding hydrogens is 1090 g/mol. The van der Waals surface area contributed by atoms with Crippen LogP contribution < -0.4 is 32.2 Å². The van der Waals surface area contributed by atoms with Gasteiger partial charge in [-0.2, -0.15) is 14.6 Å². The molecule has 32 heteroatoms. The van der Waals surface area contributed by atoms with Crippen molar-refractivity contribution in [3.05, 3.63) is 109 Å². The fraction of sp³-hybridized carbons (Fsp3) is 0.261. The molecule has 6 aromatic rings. The van der Waals surface area contributed by atoms with Crippen LogP contribution in [0.3, 0.4) is 0 Å². The Balaban J connectivity index is 1.70. The Hall–Kier alpha value is -6.62. The summed E-state index contributed by atoms with van der Waals surface area (Å²) in [6.45, 7) is 3.78. The second-order valence-corrected chi connectivity index (χ2v) is 27.0. The standard InChI is InChI=1S/C46H62N27P5/c1-50-32-14-20-38(21-15-32)72-43-28-35(55-63-75-60-48)26-41(51-43)71(39-22-16-33(17-23-39)54-62-74-59-47)42-27-36(56-64-76-61-49)29-44(52-42)73(40-24-18-34(19-25-40)57-77(65(2)3,66(4)5)67(6)7)46-31-37(30-45(72)53-46)58-78(68(8)9,69(10)11)70(12)13/h14-31H,1,47-49H2,2-13H3/b62-54+,63-55+,64-56-. The Labute approximate surface area is 459 Å². The zero-order chi connectivity index (χ0) is 56.3. The number of aliphatic imine (C=N–C) groups is 1. The van der Waals surface area contributed by atoms with Gasteiger partial charge in [0.05, 0.1) is 34.1 Å². The van der Waals surface area contributed by atoms with Crippen LogP contribution in [0.2, 0.25) is 0 Å². The number of pyridine rings is 3. The van der Waals surface area contributed by atoms with E-state index in [1.807, 2.05) is 178 Å². The van der Waals surface area contributed by atoms with Crippen molar-refractivity contribution in [1.82, 2.24) is 43.0 Å². The molecule has 3 aromatic heterocycles. The van der Waals surface area contributed by atoms with Gasteiger partial charge in [-0.15, -0.1) is 30.0 Å². The van der Waals surface area contributed by atoms with Gasteiger partial charge in [-0.3, -0.25) is 47.7 Å². The maximum atomic E-state index is 5.69. The summed E-state index contributed by atoms with van der Waals surface area (Å²) in [5.74, 6) is 18.8. The summed E-state index contributed by atoms with van der Waals surface area (Å²) in [6.07, 6.45) is 0. The molecule has 0 atom stereocenters. The summed E-state index contributed by atoms with van der Waals surface area (Å²) in [5, 5.41) is 13.5. The molecule has 0 unspecified atom stereocenters. The molecule has 0 fully saturated rings. The summed E-state index contributed by atoms with van der Waals surface area (Å²) >= 11 is 0. The summed E-state index contributed by atoms with van der Waals surface area (Å²) in [6, 6.07) is 34.0. The van der Waals surface area contributed by atoms with Crippen molar-refractivity contribution in [3.63, 3.8) is 0 Å². The Kier molecular flexibility index (Phi) is 20.0. The highest BCUT2D eigenvalue weighted by Gasteiger charge is 2.32. The zero-order valence-electron chi connectivity index (χ0n) is 45.3. The van der Waals surface area contributed by atoms with Crippen LogP contribution in [0.5, 0.6) is 0 Å². The highest BCUT2D eigenvalue weighted by molar-refractivity contribution is 7.59. The number of nitrogens with zero attached hydrogens (tertiary/aromatic N) is 24. The van der Waals surface area contributed by atoms with Gasteiger partial charge in [0.2, 0.25) is 0 Å². The van der Waals surface area contributed by atoms with E-state index in [4.69, 9.17) is 42.0 Å². The normalized spacial score (nSPS) is 13.7. The SMILES string of the molecule is C=Nc1ccc(N2c3cc(N=P(N(C)C)(N(C)C)N(C)C)cc(n3)N(c3ccc(N=P(N(C)C)(N(C)C)N(C)C)cc3)c3cc(/N=N\P=N\N)cc(n3)N(c3ccc(/N=N/P=N/N)cc3)c3cc(/N=N/P=N/N)cc2n3)cc1. The molecule has 1 aliphatic heterocycles. The molecule has 78 heavy (non-hydrogen) atoms.